The number of amides is 1. The summed E-state index contributed by atoms with van der Waals surface area (Å²) < 4.78 is 25.6. The maximum absolute atomic E-state index is 12.1. The van der Waals surface area contributed by atoms with Crippen molar-refractivity contribution in [2.75, 3.05) is 24.6 Å². The minimum Gasteiger partial charge on any atom is -0.353 e. The van der Waals surface area contributed by atoms with E-state index < -0.39 is 14.9 Å². The number of hydrogen-bond donors (Lipinski definition) is 1. The molecular formula is C16H23N3O5S2. The Labute approximate surface area is 157 Å². The average molecular weight is 402 g/mol. The van der Waals surface area contributed by atoms with E-state index in [0.717, 1.165) is 4.90 Å². The maximum Gasteiger partial charge on any atom is 0.269 e. The van der Waals surface area contributed by atoms with Crippen molar-refractivity contribution in [2.24, 2.45) is 0 Å². The highest BCUT2D eigenvalue weighted by Crippen LogP contribution is 2.21. The first-order chi connectivity index (χ1) is 12.3. The summed E-state index contributed by atoms with van der Waals surface area (Å²) in [5, 5.41) is 13.5. The van der Waals surface area contributed by atoms with E-state index in [4.69, 9.17) is 0 Å². The smallest absolute Gasteiger partial charge is 0.269 e. The number of sulfonamides is 1. The Balaban J connectivity index is 1.74. The second kappa shape index (κ2) is 9.33. The van der Waals surface area contributed by atoms with Crippen molar-refractivity contribution in [1.82, 2.24) is 9.62 Å². The third-order valence-electron chi connectivity index (χ3n) is 4.09. The molecule has 1 aliphatic heterocycles. The Hall–Kier alpha value is -1.65. The molecule has 144 valence electrons. The van der Waals surface area contributed by atoms with E-state index in [-0.39, 0.29) is 29.1 Å². The molecule has 2 rings (SSSR count). The molecule has 26 heavy (non-hydrogen) atoms. The Morgan fingerprint density at radius 1 is 1.31 bits per heavy atom. The number of nitro benzene ring substituents is 1. The first-order valence-electron chi connectivity index (χ1n) is 8.46. The molecule has 0 radical (unpaired) electrons. The molecule has 10 heteroatoms. The minimum atomic E-state index is -3.17. The van der Waals surface area contributed by atoms with E-state index in [1.165, 1.54) is 28.2 Å². The highest BCUT2D eigenvalue weighted by atomic mass is 32.2. The summed E-state index contributed by atoms with van der Waals surface area (Å²) >= 11 is 1.31. The molecule has 1 aromatic carbocycles. The van der Waals surface area contributed by atoms with Crippen LogP contribution in [0, 0.1) is 10.1 Å². The van der Waals surface area contributed by atoms with E-state index in [0.29, 0.717) is 32.4 Å². The van der Waals surface area contributed by atoms with Crippen LogP contribution in [0.3, 0.4) is 0 Å². The zero-order valence-electron chi connectivity index (χ0n) is 14.6. The molecule has 0 atom stereocenters. The number of carbonyl (C=O) groups is 1. The quantitative estimate of drug-likeness (QED) is 0.405. The van der Waals surface area contributed by atoms with Crippen LogP contribution in [0.25, 0.3) is 0 Å². The van der Waals surface area contributed by atoms with E-state index in [2.05, 4.69) is 5.32 Å². The lowest BCUT2D eigenvalue weighted by molar-refractivity contribution is -0.384. The summed E-state index contributed by atoms with van der Waals surface area (Å²) in [4.78, 5) is 23.0. The second-order valence-electron chi connectivity index (χ2n) is 6.10. The highest BCUT2D eigenvalue weighted by molar-refractivity contribution is 8.00. The van der Waals surface area contributed by atoms with Gasteiger partial charge in [0, 0.05) is 36.2 Å². The van der Waals surface area contributed by atoms with Gasteiger partial charge in [-0.3, -0.25) is 14.9 Å². The van der Waals surface area contributed by atoms with Crippen molar-refractivity contribution < 1.29 is 18.1 Å². The van der Waals surface area contributed by atoms with Crippen LogP contribution in [0.4, 0.5) is 5.69 Å². The number of carbonyl (C=O) groups excluding carboxylic acids is 1. The van der Waals surface area contributed by atoms with E-state index in [1.807, 2.05) is 6.92 Å². The average Bonchev–Trinajstić information content (AvgIpc) is 2.61. The van der Waals surface area contributed by atoms with Gasteiger partial charge in [0.2, 0.25) is 15.9 Å². The number of nitrogens with one attached hydrogen (secondary N) is 1. The molecule has 1 heterocycles. The molecule has 1 fully saturated rings. The van der Waals surface area contributed by atoms with Crippen LogP contribution in [0.15, 0.2) is 29.2 Å². The number of nitro groups is 1. The fraction of sp³-hybridized carbons (Fsp3) is 0.562. The maximum atomic E-state index is 12.1. The van der Waals surface area contributed by atoms with E-state index in [9.17, 15) is 23.3 Å². The van der Waals surface area contributed by atoms with Crippen LogP contribution < -0.4 is 5.32 Å². The highest BCUT2D eigenvalue weighted by Gasteiger charge is 2.27. The predicted molar refractivity (Wildman–Crippen MR) is 101 cm³/mol. The van der Waals surface area contributed by atoms with Crippen molar-refractivity contribution in [3.63, 3.8) is 0 Å². The Kier molecular flexibility index (Phi) is 7.42. The molecule has 1 aliphatic rings. The van der Waals surface area contributed by atoms with Gasteiger partial charge >= 0.3 is 0 Å². The third-order valence-corrected chi connectivity index (χ3v) is 7.18. The fourth-order valence-corrected chi connectivity index (χ4v) is 5.00. The predicted octanol–water partition coefficient (Wildman–Crippen LogP) is 2.01. The van der Waals surface area contributed by atoms with Gasteiger partial charge in [-0.05, 0) is 31.4 Å². The van der Waals surface area contributed by atoms with Crippen molar-refractivity contribution >= 4 is 33.4 Å². The number of piperidine rings is 1. The van der Waals surface area contributed by atoms with E-state index in [1.54, 1.807) is 12.1 Å². The molecular weight excluding hydrogens is 378 g/mol. The normalized spacial score (nSPS) is 16.3. The number of hydrogen-bond acceptors (Lipinski definition) is 6. The standard InChI is InChI=1S/C16H23N3O5S2/c1-2-11-26(23,24)18-9-7-13(8-10-18)17-16(20)12-25-15-5-3-14(4-6-15)19(21)22/h3-6,13H,2,7-12H2,1H3,(H,17,20). The van der Waals surface area contributed by atoms with Crippen LogP contribution in [-0.4, -0.2) is 54.2 Å². The second-order valence-corrected chi connectivity index (χ2v) is 9.23. The van der Waals surface area contributed by atoms with Crippen LogP contribution in [0.5, 0.6) is 0 Å². The van der Waals surface area contributed by atoms with Crippen LogP contribution in [0.1, 0.15) is 26.2 Å². The topological polar surface area (TPSA) is 110 Å². The molecule has 0 aliphatic carbocycles. The first kappa shape index (κ1) is 20.7. The lowest BCUT2D eigenvalue weighted by Gasteiger charge is -2.31. The molecule has 1 aromatic rings. The van der Waals surface area contributed by atoms with Gasteiger partial charge in [-0.2, -0.15) is 0 Å². The molecule has 0 saturated carbocycles. The van der Waals surface area contributed by atoms with Gasteiger partial charge in [0.05, 0.1) is 16.4 Å². The van der Waals surface area contributed by atoms with Gasteiger partial charge in [0.25, 0.3) is 5.69 Å². The van der Waals surface area contributed by atoms with Crippen molar-refractivity contribution in [1.29, 1.82) is 0 Å². The summed E-state index contributed by atoms with van der Waals surface area (Å²) in [6.45, 7) is 2.71. The number of nitrogens with zero attached hydrogens (tertiary/aromatic N) is 2. The Morgan fingerprint density at radius 3 is 2.46 bits per heavy atom. The van der Waals surface area contributed by atoms with Crippen molar-refractivity contribution in [2.45, 2.75) is 37.1 Å². The summed E-state index contributed by atoms with van der Waals surface area (Å²) in [7, 11) is -3.17. The number of rotatable bonds is 8. The summed E-state index contributed by atoms with van der Waals surface area (Å²) in [5.74, 6) is 0.255. The summed E-state index contributed by atoms with van der Waals surface area (Å²) in [6, 6.07) is 6.03. The molecule has 0 spiro atoms. The Bertz CT molecular complexity index is 729. The lowest BCUT2D eigenvalue weighted by atomic mass is 10.1. The molecule has 1 saturated heterocycles. The number of benzene rings is 1. The Morgan fingerprint density at radius 2 is 1.92 bits per heavy atom. The monoisotopic (exact) mass is 401 g/mol. The fourth-order valence-electron chi connectivity index (χ4n) is 2.75. The van der Waals surface area contributed by atoms with Crippen LogP contribution >= 0.6 is 11.8 Å². The van der Waals surface area contributed by atoms with Crippen LogP contribution in [0.2, 0.25) is 0 Å². The minimum absolute atomic E-state index is 0.0172. The first-order valence-corrected chi connectivity index (χ1v) is 11.1. The van der Waals surface area contributed by atoms with Crippen LogP contribution in [-0.2, 0) is 14.8 Å². The molecule has 0 bridgehead atoms. The van der Waals surface area contributed by atoms with Crippen molar-refractivity contribution in [3.8, 4) is 0 Å². The van der Waals surface area contributed by atoms with Gasteiger partial charge in [-0.25, -0.2) is 12.7 Å². The van der Waals surface area contributed by atoms with Gasteiger partial charge < -0.3 is 5.32 Å². The summed E-state index contributed by atoms with van der Waals surface area (Å²) in [6.07, 6.45) is 1.81. The molecule has 0 unspecified atom stereocenters. The zero-order chi connectivity index (χ0) is 19.2. The van der Waals surface area contributed by atoms with Gasteiger partial charge in [-0.1, -0.05) is 6.92 Å². The van der Waals surface area contributed by atoms with Gasteiger partial charge in [-0.15, -0.1) is 11.8 Å². The summed E-state index contributed by atoms with van der Waals surface area (Å²) in [5.41, 5.74) is 0.0172. The van der Waals surface area contributed by atoms with Crippen molar-refractivity contribution in [3.05, 3.63) is 34.4 Å². The lowest BCUT2D eigenvalue weighted by Crippen LogP contribution is -2.47. The number of thioether (sulfide) groups is 1. The molecule has 1 amide bonds. The van der Waals surface area contributed by atoms with Gasteiger partial charge in [0.15, 0.2) is 0 Å². The zero-order valence-corrected chi connectivity index (χ0v) is 16.2. The SMILES string of the molecule is CCCS(=O)(=O)N1CCC(NC(=O)CSc2ccc([N+](=O)[O-])cc2)CC1. The molecule has 8 nitrogen and oxygen atoms in total. The number of non-ortho nitro benzene ring substituents is 1. The van der Waals surface area contributed by atoms with Gasteiger partial charge in [0.1, 0.15) is 0 Å². The van der Waals surface area contributed by atoms with E-state index >= 15 is 0 Å². The molecule has 1 N–H and O–H groups in total. The largest absolute Gasteiger partial charge is 0.353 e. The third kappa shape index (κ3) is 5.96. The molecule has 0 aromatic heterocycles.